The number of H-pyrrole nitrogens is 1. The maximum absolute atomic E-state index is 10.6. The van der Waals surface area contributed by atoms with Gasteiger partial charge in [-0.3, -0.25) is 4.55 Å². The predicted molar refractivity (Wildman–Crippen MR) is 60.6 cm³/mol. The van der Waals surface area contributed by atoms with Gasteiger partial charge in [0.2, 0.25) is 0 Å². The molecule has 6 heteroatoms. The molecule has 0 saturated carbocycles. The van der Waals surface area contributed by atoms with Gasteiger partial charge in [-0.05, 0) is 12.8 Å². The smallest absolute Gasteiger partial charge is 0.264 e. The number of unbranched alkanes of at least 4 members (excludes halogenated alkanes) is 1. The van der Waals surface area contributed by atoms with E-state index < -0.39 is 10.1 Å². The monoisotopic (exact) mass is 247 g/mol. The third-order valence-corrected chi connectivity index (χ3v) is 3.22. The van der Waals surface area contributed by atoms with E-state index in [0.29, 0.717) is 12.8 Å². The number of nitrogens with one attached hydrogen (secondary N) is 1. The second-order valence-corrected chi connectivity index (χ2v) is 5.42. The molecule has 0 fully saturated rings. The second-order valence-electron chi connectivity index (χ2n) is 3.84. The average Bonchev–Trinajstić information content (AvgIpc) is 2.60. The van der Waals surface area contributed by atoms with Crippen LogP contribution in [0, 0.1) is 0 Å². The van der Waals surface area contributed by atoms with E-state index in [1.807, 2.05) is 12.4 Å². The van der Waals surface area contributed by atoms with Crippen LogP contribution >= 0.6 is 0 Å². The highest BCUT2D eigenvalue weighted by atomic mass is 32.2. The lowest BCUT2D eigenvalue weighted by Gasteiger charge is -1.99. The Morgan fingerprint density at radius 3 is 2.81 bits per heavy atom. The van der Waals surface area contributed by atoms with Crippen molar-refractivity contribution in [3.63, 3.8) is 0 Å². The predicted octanol–water partition coefficient (Wildman–Crippen LogP) is 0.923. The molecule has 0 unspecified atom stereocenters. The van der Waals surface area contributed by atoms with Crippen molar-refractivity contribution in [1.82, 2.24) is 4.98 Å². The number of nitrogens with zero attached hydrogens (tertiary/aromatic N) is 1. The van der Waals surface area contributed by atoms with E-state index in [0.717, 1.165) is 25.2 Å². The normalized spacial score (nSPS) is 11.9. The maximum Gasteiger partial charge on any atom is 0.264 e. The van der Waals surface area contributed by atoms with Crippen molar-refractivity contribution in [1.29, 1.82) is 0 Å². The third kappa shape index (κ3) is 4.76. The summed E-state index contributed by atoms with van der Waals surface area (Å²) in [4.78, 5) is 3.09. The summed E-state index contributed by atoms with van der Waals surface area (Å²) in [7, 11) is -3.83. The first kappa shape index (κ1) is 13.2. The molecule has 0 aliphatic rings. The zero-order chi connectivity index (χ0) is 12.0. The topological polar surface area (TPSA) is 74.0 Å². The highest BCUT2D eigenvalue weighted by Crippen LogP contribution is 1.98. The van der Waals surface area contributed by atoms with Crippen molar-refractivity contribution in [2.24, 2.45) is 0 Å². The molecule has 92 valence electrons. The Morgan fingerprint density at radius 1 is 1.44 bits per heavy atom. The quantitative estimate of drug-likeness (QED) is 0.556. The number of imidazole rings is 1. The van der Waals surface area contributed by atoms with E-state index in [1.165, 1.54) is 0 Å². The standard InChI is InChI=1S/C10H18N2O3S/c1-2-3-7-12-8-6-11-10(12)5-4-9-16(13,14)15/h6,8H,2-5,7,9H2,1H3,(H,13,14,15)/p+1. The molecule has 0 spiro atoms. The molecule has 0 amide bonds. The fourth-order valence-corrected chi connectivity index (χ4v) is 2.08. The first-order valence-corrected chi connectivity index (χ1v) is 7.14. The van der Waals surface area contributed by atoms with Gasteiger partial charge in [-0.15, -0.1) is 0 Å². The number of hydrogen-bond acceptors (Lipinski definition) is 2. The van der Waals surface area contributed by atoms with Crippen molar-refractivity contribution in [3.05, 3.63) is 18.2 Å². The Morgan fingerprint density at radius 2 is 2.19 bits per heavy atom. The average molecular weight is 247 g/mol. The van der Waals surface area contributed by atoms with E-state index in [4.69, 9.17) is 4.55 Å². The summed E-state index contributed by atoms with van der Waals surface area (Å²) in [6.45, 7) is 3.08. The summed E-state index contributed by atoms with van der Waals surface area (Å²) in [5, 5.41) is 0. The van der Waals surface area contributed by atoms with E-state index in [9.17, 15) is 8.42 Å². The molecule has 1 aromatic heterocycles. The molecule has 1 rings (SSSR count). The largest absolute Gasteiger partial charge is 0.286 e. The van der Waals surface area contributed by atoms with Crippen LogP contribution in [0.1, 0.15) is 32.0 Å². The summed E-state index contributed by atoms with van der Waals surface area (Å²) < 4.78 is 31.8. The van der Waals surface area contributed by atoms with Gasteiger partial charge in [-0.1, -0.05) is 13.3 Å². The van der Waals surface area contributed by atoms with Crippen LogP contribution in [0.4, 0.5) is 0 Å². The molecule has 0 aliphatic heterocycles. The molecule has 0 saturated heterocycles. The van der Waals surface area contributed by atoms with Crippen LogP contribution in [0.5, 0.6) is 0 Å². The number of aryl methyl sites for hydroxylation is 2. The van der Waals surface area contributed by atoms with Gasteiger partial charge >= 0.3 is 0 Å². The van der Waals surface area contributed by atoms with Gasteiger partial charge < -0.3 is 0 Å². The molecular formula is C10H19N2O3S+. The zero-order valence-corrected chi connectivity index (χ0v) is 10.3. The van der Waals surface area contributed by atoms with Crippen LogP contribution < -0.4 is 4.57 Å². The lowest BCUT2D eigenvalue weighted by molar-refractivity contribution is -0.703. The van der Waals surface area contributed by atoms with Crippen molar-refractivity contribution < 1.29 is 17.5 Å². The van der Waals surface area contributed by atoms with Gasteiger partial charge in [0.25, 0.3) is 15.9 Å². The molecule has 16 heavy (non-hydrogen) atoms. The van der Waals surface area contributed by atoms with Gasteiger partial charge in [0.15, 0.2) is 0 Å². The minimum absolute atomic E-state index is 0.181. The van der Waals surface area contributed by atoms with Gasteiger partial charge in [-0.2, -0.15) is 8.42 Å². The van der Waals surface area contributed by atoms with Crippen LogP contribution in [0.25, 0.3) is 0 Å². The van der Waals surface area contributed by atoms with Crippen molar-refractivity contribution in [2.75, 3.05) is 5.75 Å². The maximum atomic E-state index is 10.6. The SMILES string of the molecule is CCCC[n+]1cc[nH]c1CCCS(=O)(=O)O. The molecule has 2 N–H and O–H groups in total. The number of aromatic nitrogens is 2. The summed E-state index contributed by atoms with van der Waals surface area (Å²) in [5.41, 5.74) is 0. The highest BCUT2D eigenvalue weighted by molar-refractivity contribution is 7.85. The first-order valence-electron chi connectivity index (χ1n) is 5.54. The van der Waals surface area contributed by atoms with Crippen molar-refractivity contribution >= 4 is 10.1 Å². The molecule has 0 aromatic carbocycles. The van der Waals surface area contributed by atoms with Gasteiger partial charge in [0.1, 0.15) is 12.4 Å². The summed E-state index contributed by atoms with van der Waals surface area (Å²) >= 11 is 0. The Bertz CT molecular complexity index is 411. The molecule has 0 atom stereocenters. The minimum Gasteiger partial charge on any atom is -0.286 e. The number of rotatable bonds is 7. The van der Waals surface area contributed by atoms with Crippen LogP contribution in [0.2, 0.25) is 0 Å². The Hall–Kier alpha value is -0.880. The first-order chi connectivity index (χ1) is 7.53. The zero-order valence-electron chi connectivity index (χ0n) is 9.52. The number of hydrogen-bond donors (Lipinski definition) is 2. The highest BCUT2D eigenvalue weighted by Gasteiger charge is 2.11. The Labute approximate surface area is 96.3 Å². The summed E-state index contributed by atoms with van der Waals surface area (Å²) in [6.07, 6.45) is 7.11. The second kappa shape index (κ2) is 6.00. The summed E-state index contributed by atoms with van der Waals surface area (Å²) in [6, 6.07) is 0. The molecule has 1 aromatic rings. The fourth-order valence-electron chi connectivity index (χ4n) is 1.57. The lowest BCUT2D eigenvalue weighted by Crippen LogP contribution is -2.36. The van der Waals surface area contributed by atoms with E-state index in [-0.39, 0.29) is 5.75 Å². The van der Waals surface area contributed by atoms with Crippen LogP contribution in [-0.4, -0.2) is 23.7 Å². The van der Waals surface area contributed by atoms with Crippen LogP contribution in [0.15, 0.2) is 12.4 Å². The van der Waals surface area contributed by atoms with Crippen molar-refractivity contribution in [3.8, 4) is 0 Å². The minimum atomic E-state index is -3.83. The molecule has 1 heterocycles. The van der Waals surface area contributed by atoms with Gasteiger partial charge in [0, 0.05) is 0 Å². The molecule has 5 nitrogen and oxygen atoms in total. The summed E-state index contributed by atoms with van der Waals surface area (Å²) in [5.74, 6) is 0.830. The lowest BCUT2D eigenvalue weighted by atomic mass is 10.3. The van der Waals surface area contributed by atoms with Crippen LogP contribution in [-0.2, 0) is 23.1 Å². The number of aromatic amines is 1. The van der Waals surface area contributed by atoms with E-state index >= 15 is 0 Å². The van der Waals surface area contributed by atoms with E-state index in [1.54, 1.807) is 0 Å². The third-order valence-electron chi connectivity index (χ3n) is 2.42. The molecular weight excluding hydrogens is 228 g/mol. The molecule has 0 radical (unpaired) electrons. The van der Waals surface area contributed by atoms with E-state index in [2.05, 4.69) is 16.5 Å². The van der Waals surface area contributed by atoms with Crippen molar-refractivity contribution in [2.45, 2.75) is 39.2 Å². The van der Waals surface area contributed by atoms with Gasteiger partial charge in [0.05, 0.1) is 18.7 Å². The van der Waals surface area contributed by atoms with Crippen LogP contribution in [0.3, 0.4) is 0 Å². The Kier molecular flexibility index (Phi) is 4.95. The van der Waals surface area contributed by atoms with Gasteiger partial charge in [-0.25, -0.2) is 9.55 Å². The molecule has 0 aliphatic carbocycles. The fraction of sp³-hybridized carbons (Fsp3) is 0.700. The molecule has 0 bridgehead atoms. The Balaban J connectivity index is 2.44.